The van der Waals surface area contributed by atoms with Crippen molar-refractivity contribution in [2.24, 2.45) is 10.9 Å². The summed E-state index contributed by atoms with van der Waals surface area (Å²) in [7, 11) is -1.97. The van der Waals surface area contributed by atoms with E-state index in [1.165, 1.54) is 13.5 Å². The lowest BCUT2D eigenvalue weighted by molar-refractivity contribution is 0.204. The summed E-state index contributed by atoms with van der Waals surface area (Å²) in [4.78, 5) is 4.81. The Balaban J connectivity index is 0.00000729. The minimum Gasteiger partial charge on any atom is -0.383 e. The van der Waals surface area contributed by atoms with Gasteiger partial charge in [0.2, 0.25) is 10.0 Å². The summed E-state index contributed by atoms with van der Waals surface area (Å²) in [6, 6.07) is 6.78. The molecular formula is C19H35IN4O3S. The standard InChI is InChI=1S/C19H34N4O3S.HI/c1-5-20-19(21-12-6-7-16(2)3)22-15-17-8-10-18(11-9-17)27(24,25)23-13-14-26-4;/h8-11,16,23H,5-7,12-15H2,1-4H3,(H2,20,21,22);1H. The zero-order valence-electron chi connectivity index (χ0n) is 17.3. The Morgan fingerprint density at radius 1 is 1.14 bits per heavy atom. The average Bonchev–Trinajstić information content (AvgIpc) is 2.63. The van der Waals surface area contributed by atoms with Crippen molar-refractivity contribution >= 4 is 40.0 Å². The number of methoxy groups -OCH3 is 1. The Bertz CT molecular complexity index is 664. The van der Waals surface area contributed by atoms with Crippen molar-refractivity contribution in [2.75, 3.05) is 33.4 Å². The van der Waals surface area contributed by atoms with E-state index in [2.05, 4.69) is 34.2 Å². The second-order valence-corrected chi connectivity index (χ2v) is 8.46. The van der Waals surface area contributed by atoms with Crippen molar-refractivity contribution in [3.8, 4) is 0 Å². The minimum atomic E-state index is -3.50. The topological polar surface area (TPSA) is 91.8 Å². The molecular weight excluding hydrogens is 491 g/mol. The van der Waals surface area contributed by atoms with Crippen LogP contribution in [0.15, 0.2) is 34.2 Å². The fourth-order valence-corrected chi connectivity index (χ4v) is 3.38. The third-order valence-electron chi connectivity index (χ3n) is 3.85. The molecule has 1 rings (SSSR count). The summed E-state index contributed by atoms with van der Waals surface area (Å²) in [6.07, 6.45) is 2.28. The van der Waals surface area contributed by atoms with Gasteiger partial charge >= 0.3 is 0 Å². The molecule has 0 fully saturated rings. The molecule has 0 aliphatic rings. The van der Waals surface area contributed by atoms with Crippen LogP contribution < -0.4 is 15.4 Å². The van der Waals surface area contributed by atoms with Crippen LogP contribution in [0.25, 0.3) is 0 Å². The number of rotatable bonds is 12. The highest BCUT2D eigenvalue weighted by molar-refractivity contribution is 14.0. The van der Waals surface area contributed by atoms with Crippen LogP contribution in [0.1, 0.15) is 39.2 Å². The van der Waals surface area contributed by atoms with E-state index in [-0.39, 0.29) is 35.4 Å². The van der Waals surface area contributed by atoms with Crippen LogP contribution in [-0.2, 0) is 21.3 Å². The lowest BCUT2D eigenvalue weighted by atomic mass is 10.1. The van der Waals surface area contributed by atoms with Crippen LogP contribution in [0.5, 0.6) is 0 Å². The third kappa shape index (κ3) is 11.2. The second-order valence-electron chi connectivity index (χ2n) is 6.69. The zero-order chi connectivity index (χ0) is 20.1. The van der Waals surface area contributed by atoms with E-state index in [9.17, 15) is 8.42 Å². The number of halogens is 1. The molecule has 0 amide bonds. The minimum absolute atomic E-state index is 0. The molecule has 0 saturated heterocycles. The highest BCUT2D eigenvalue weighted by Crippen LogP contribution is 2.11. The molecule has 0 spiro atoms. The molecule has 0 unspecified atom stereocenters. The number of guanidine groups is 1. The second kappa shape index (κ2) is 15.0. The van der Waals surface area contributed by atoms with E-state index >= 15 is 0 Å². The number of nitrogens with one attached hydrogen (secondary N) is 3. The molecule has 0 aliphatic heterocycles. The van der Waals surface area contributed by atoms with E-state index in [1.807, 2.05) is 6.92 Å². The van der Waals surface area contributed by atoms with E-state index in [1.54, 1.807) is 24.3 Å². The Morgan fingerprint density at radius 2 is 1.82 bits per heavy atom. The van der Waals surface area contributed by atoms with Crippen LogP contribution in [0.3, 0.4) is 0 Å². The maximum Gasteiger partial charge on any atom is 0.240 e. The van der Waals surface area contributed by atoms with Gasteiger partial charge in [-0.2, -0.15) is 0 Å². The van der Waals surface area contributed by atoms with Gasteiger partial charge in [-0.15, -0.1) is 24.0 Å². The third-order valence-corrected chi connectivity index (χ3v) is 5.32. The molecule has 3 N–H and O–H groups in total. The average molecular weight is 526 g/mol. The summed E-state index contributed by atoms with van der Waals surface area (Å²) in [5.41, 5.74) is 0.949. The zero-order valence-corrected chi connectivity index (χ0v) is 20.5. The van der Waals surface area contributed by atoms with Crippen LogP contribution in [0.2, 0.25) is 0 Å². The maximum atomic E-state index is 12.1. The lowest BCUT2D eigenvalue weighted by Gasteiger charge is -2.12. The number of aliphatic imine (C=N–C) groups is 1. The van der Waals surface area contributed by atoms with E-state index in [0.29, 0.717) is 19.1 Å². The molecule has 1 aromatic rings. The highest BCUT2D eigenvalue weighted by atomic mass is 127. The quantitative estimate of drug-likeness (QED) is 0.169. The SMILES string of the molecule is CCNC(=NCc1ccc(S(=O)(=O)NCCOC)cc1)NCCCC(C)C.I. The molecule has 7 nitrogen and oxygen atoms in total. The van der Waals surface area contributed by atoms with Gasteiger partial charge in [-0.3, -0.25) is 0 Å². The van der Waals surface area contributed by atoms with Gasteiger partial charge in [0, 0.05) is 26.7 Å². The molecule has 28 heavy (non-hydrogen) atoms. The number of hydrogen-bond donors (Lipinski definition) is 3. The van der Waals surface area contributed by atoms with Crippen molar-refractivity contribution in [3.63, 3.8) is 0 Å². The van der Waals surface area contributed by atoms with E-state index < -0.39 is 10.0 Å². The number of sulfonamides is 1. The first-order valence-electron chi connectivity index (χ1n) is 9.48. The molecule has 0 radical (unpaired) electrons. The first-order valence-corrected chi connectivity index (χ1v) is 11.0. The van der Waals surface area contributed by atoms with Crippen LogP contribution in [0.4, 0.5) is 0 Å². The maximum absolute atomic E-state index is 12.1. The molecule has 0 saturated carbocycles. The van der Waals surface area contributed by atoms with Crippen molar-refractivity contribution in [1.82, 2.24) is 15.4 Å². The lowest BCUT2D eigenvalue weighted by Crippen LogP contribution is -2.37. The smallest absolute Gasteiger partial charge is 0.240 e. The normalized spacial score (nSPS) is 12.0. The van der Waals surface area contributed by atoms with Gasteiger partial charge in [0.05, 0.1) is 18.0 Å². The Hall–Kier alpha value is -0.910. The van der Waals surface area contributed by atoms with Gasteiger partial charge in [-0.1, -0.05) is 26.0 Å². The molecule has 0 aliphatic carbocycles. The molecule has 0 heterocycles. The number of benzene rings is 1. The van der Waals surface area contributed by atoms with Crippen molar-refractivity contribution < 1.29 is 13.2 Å². The predicted octanol–water partition coefficient (Wildman–Crippen LogP) is 2.72. The first-order chi connectivity index (χ1) is 12.9. The van der Waals surface area contributed by atoms with E-state index in [4.69, 9.17) is 4.74 Å². The molecule has 0 atom stereocenters. The van der Waals surface area contributed by atoms with Gasteiger partial charge in [-0.25, -0.2) is 18.1 Å². The molecule has 1 aromatic carbocycles. The summed E-state index contributed by atoms with van der Waals surface area (Å²) in [6.45, 7) is 9.21. The summed E-state index contributed by atoms with van der Waals surface area (Å²) < 4.78 is 31.7. The van der Waals surface area contributed by atoms with Crippen LogP contribution in [-0.4, -0.2) is 47.7 Å². The first kappa shape index (κ1) is 27.1. The van der Waals surface area contributed by atoms with Crippen molar-refractivity contribution in [3.05, 3.63) is 29.8 Å². The van der Waals surface area contributed by atoms with Gasteiger partial charge < -0.3 is 15.4 Å². The fourth-order valence-electron chi connectivity index (χ4n) is 2.36. The van der Waals surface area contributed by atoms with Gasteiger partial charge in [0.25, 0.3) is 0 Å². The Morgan fingerprint density at radius 3 is 2.39 bits per heavy atom. The summed E-state index contributed by atoms with van der Waals surface area (Å²) in [5.74, 6) is 1.48. The van der Waals surface area contributed by atoms with Crippen molar-refractivity contribution in [1.29, 1.82) is 0 Å². The number of ether oxygens (including phenoxy) is 1. The summed E-state index contributed by atoms with van der Waals surface area (Å²) >= 11 is 0. The van der Waals surface area contributed by atoms with Gasteiger partial charge in [-0.05, 0) is 43.4 Å². The van der Waals surface area contributed by atoms with E-state index in [0.717, 1.165) is 31.0 Å². The molecule has 0 bridgehead atoms. The molecule has 162 valence electrons. The van der Waals surface area contributed by atoms with Gasteiger partial charge in [0.15, 0.2) is 5.96 Å². The molecule has 0 aromatic heterocycles. The predicted molar refractivity (Wildman–Crippen MR) is 126 cm³/mol. The monoisotopic (exact) mass is 526 g/mol. The molecule has 9 heteroatoms. The highest BCUT2D eigenvalue weighted by Gasteiger charge is 2.12. The van der Waals surface area contributed by atoms with Crippen LogP contribution >= 0.6 is 24.0 Å². The largest absolute Gasteiger partial charge is 0.383 e. The Labute approximate surface area is 187 Å². The summed E-state index contributed by atoms with van der Waals surface area (Å²) in [5, 5.41) is 6.56. The number of nitrogens with zero attached hydrogens (tertiary/aromatic N) is 1. The van der Waals surface area contributed by atoms with Gasteiger partial charge in [0.1, 0.15) is 0 Å². The fraction of sp³-hybridized carbons (Fsp3) is 0.632. The number of hydrogen-bond acceptors (Lipinski definition) is 4. The van der Waals surface area contributed by atoms with Crippen LogP contribution in [0, 0.1) is 5.92 Å². The Kier molecular flexibility index (Phi) is 14.5. The van der Waals surface area contributed by atoms with Crippen molar-refractivity contribution in [2.45, 2.75) is 45.1 Å².